The van der Waals surface area contributed by atoms with E-state index in [1.54, 1.807) is 11.5 Å². The summed E-state index contributed by atoms with van der Waals surface area (Å²) in [7, 11) is 0. The van der Waals surface area contributed by atoms with Gasteiger partial charge in [0.25, 0.3) is 0 Å². The Morgan fingerprint density at radius 2 is 2.08 bits per heavy atom. The zero-order valence-corrected chi connectivity index (χ0v) is 8.01. The quantitative estimate of drug-likeness (QED) is 0.560. The lowest BCUT2D eigenvalue weighted by atomic mass is 9.52. The van der Waals surface area contributed by atoms with Crippen molar-refractivity contribution in [2.24, 2.45) is 0 Å². The first-order chi connectivity index (χ1) is 6.32. The van der Waals surface area contributed by atoms with Crippen molar-refractivity contribution in [3.63, 3.8) is 0 Å². The van der Waals surface area contributed by atoms with Crippen molar-refractivity contribution in [1.29, 1.82) is 0 Å². The average Bonchev–Trinajstić information content (AvgIpc) is 2.17. The fourth-order valence-corrected chi connectivity index (χ4v) is 2.88. The molecule has 0 N–H and O–H groups in total. The van der Waals surface area contributed by atoms with Crippen LogP contribution in [0.2, 0.25) is 0 Å². The van der Waals surface area contributed by atoms with Gasteiger partial charge in [0, 0.05) is 11.3 Å². The Labute approximate surface area is 80.0 Å². The summed E-state index contributed by atoms with van der Waals surface area (Å²) in [5, 5.41) is 0. The first-order valence-electron chi connectivity index (χ1n) is 5.13. The molecule has 2 aliphatic rings. The Hall–Kier alpha value is -0.780. The standard InChI is InChI=1S/C13H14/c1-13-9-5-4-8-12(13)10-6-2-3-7-11(10)13/h2-3,6-7,9H,4-5,8H2,1H3. The minimum Gasteiger partial charge on any atom is -0.0620 e. The van der Waals surface area contributed by atoms with Crippen molar-refractivity contribution in [2.75, 3.05) is 0 Å². The molecule has 3 rings (SSSR count). The molecule has 0 bridgehead atoms. The van der Waals surface area contributed by atoms with Crippen LogP contribution in [0.1, 0.15) is 37.3 Å². The molecule has 0 spiro atoms. The molecule has 2 aliphatic carbocycles. The third kappa shape index (κ3) is 0.815. The van der Waals surface area contributed by atoms with Crippen LogP contribution in [0.4, 0.5) is 0 Å². The normalized spacial score (nSPS) is 31.8. The van der Waals surface area contributed by atoms with Gasteiger partial charge in [0.2, 0.25) is 0 Å². The maximum Gasteiger partial charge on any atom is 0.0158 e. The summed E-state index contributed by atoms with van der Waals surface area (Å²) in [4.78, 5) is 0. The Bertz CT molecular complexity index is 340. The summed E-state index contributed by atoms with van der Waals surface area (Å²) < 4.78 is 0. The molecular formula is C13H14. The highest BCUT2D eigenvalue weighted by molar-refractivity contribution is 5.62. The van der Waals surface area contributed by atoms with Crippen LogP contribution in [0, 0.1) is 12.3 Å². The molecule has 1 aromatic rings. The summed E-state index contributed by atoms with van der Waals surface area (Å²) in [6.45, 7) is 2.36. The van der Waals surface area contributed by atoms with E-state index in [2.05, 4.69) is 37.6 Å². The van der Waals surface area contributed by atoms with Crippen molar-refractivity contribution in [3.05, 3.63) is 47.7 Å². The Balaban J connectivity index is 2.11. The topological polar surface area (TPSA) is 0 Å². The van der Waals surface area contributed by atoms with E-state index < -0.39 is 0 Å². The van der Waals surface area contributed by atoms with E-state index in [9.17, 15) is 0 Å². The molecule has 0 nitrogen and oxygen atoms in total. The third-order valence-corrected chi connectivity index (χ3v) is 3.62. The van der Waals surface area contributed by atoms with Gasteiger partial charge >= 0.3 is 0 Å². The van der Waals surface area contributed by atoms with Crippen LogP contribution in [-0.4, -0.2) is 0 Å². The number of hydrogen-bond acceptors (Lipinski definition) is 0. The van der Waals surface area contributed by atoms with E-state index in [4.69, 9.17) is 0 Å². The van der Waals surface area contributed by atoms with Gasteiger partial charge in [-0.25, -0.2) is 0 Å². The molecule has 0 heterocycles. The van der Waals surface area contributed by atoms with E-state index >= 15 is 0 Å². The van der Waals surface area contributed by atoms with E-state index in [-0.39, 0.29) is 0 Å². The average molecular weight is 170 g/mol. The minimum atomic E-state index is 0.342. The summed E-state index contributed by atoms with van der Waals surface area (Å²) in [6, 6.07) is 8.86. The monoisotopic (exact) mass is 170 g/mol. The van der Waals surface area contributed by atoms with E-state index in [1.165, 1.54) is 24.8 Å². The third-order valence-electron chi connectivity index (χ3n) is 3.62. The molecule has 66 valence electrons. The van der Waals surface area contributed by atoms with E-state index in [1.807, 2.05) is 0 Å². The highest BCUT2D eigenvalue weighted by Crippen LogP contribution is 2.57. The summed E-state index contributed by atoms with van der Waals surface area (Å²) in [5.41, 5.74) is 3.42. The lowest BCUT2D eigenvalue weighted by Gasteiger charge is -2.51. The van der Waals surface area contributed by atoms with Gasteiger partial charge in [-0.3, -0.25) is 0 Å². The van der Waals surface area contributed by atoms with Crippen LogP contribution >= 0.6 is 0 Å². The van der Waals surface area contributed by atoms with Crippen LogP contribution in [0.25, 0.3) is 0 Å². The minimum absolute atomic E-state index is 0.342. The number of hydrogen-bond donors (Lipinski definition) is 0. The van der Waals surface area contributed by atoms with Crippen LogP contribution in [-0.2, 0) is 5.41 Å². The number of benzene rings is 1. The summed E-state index contributed by atoms with van der Waals surface area (Å²) in [6.07, 6.45) is 6.44. The van der Waals surface area contributed by atoms with Gasteiger partial charge in [-0.1, -0.05) is 37.6 Å². The molecule has 0 heteroatoms. The van der Waals surface area contributed by atoms with Crippen LogP contribution in [0.3, 0.4) is 0 Å². The first-order valence-corrected chi connectivity index (χ1v) is 5.13. The predicted octanol–water partition coefficient (Wildman–Crippen LogP) is 3.27. The maximum absolute atomic E-state index is 2.49. The number of rotatable bonds is 0. The molecular weight excluding hydrogens is 156 g/mol. The van der Waals surface area contributed by atoms with Gasteiger partial charge in [-0.15, -0.1) is 0 Å². The Morgan fingerprint density at radius 1 is 1.23 bits per heavy atom. The van der Waals surface area contributed by atoms with Crippen LogP contribution < -0.4 is 0 Å². The highest BCUT2D eigenvalue weighted by atomic mass is 14.5. The zero-order chi connectivity index (χ0) is 8.89. The van der Waals surface area contributed by atoms with Gasteiger partial charge in [0.05, 0.1) is 0 Å². The molecule has 1 fully saturated rings. The molecule has 13 heavy (non-hydrogen) atoms. The Kier molecular flexibility index (Phi) is 1.39. The van der Waals surface area contributed by atoms with Crippen molar-refractivity contribution in [3.8, 4) is 0 Å². The summed E-state index contributed by atoms with van der Waals surface area (Å²) >= 11 is 0. The van der Waals surface area contributed by atoms with Gasteiger partial charge in [-0.05, 0) is 30.4 Å². The number of fused-ring (bicyclic) bond motifs is 4. The van der Waals surface area contributed by atoms with Gasteiger partial charge in [0.15, 0.2) is 0 Å². The molecule has 1 saturated carbocycles. The fourth-order valence-electron chi connectivity index (χ4n) is 2.88. The fraction of sp³-hybridized carbons (Fsp3) is 0.385. The predicted molar refractivity (Wildman–Crippen MR) is 54.3 cm³/mol. The van der Waals surface area contributed by atoms with Crippen molar-refractivity contribution >= 4 is 0 Å². The summed E-state index contributed by atoms with van der Waals surface area (Å²) in [5.74, 6) is 1.68. The van der Waals surface area contributed by atoms with E-state index in [0.717, 1.165) is 0 Å². The highest BCUT2D eigenvalue weighted by Gasteiger charge is 2.49. The Morgan fingerprint density at radius 3 is 3.00 bits per heavy atom. The SMILES string of the molecule is CC12[CH]CCC[C]1c1ccccc12. The van der Waals surface area contributed by atoms with Crippen molar-refractivity contribution in [1.82, 2.24) is 0 Å². The lowest BCUT2D eigenvalue weighted by Crippen LogP contribution is -2.44. The van der Waals surface area contributed by atoms with Gasteiger partial charge in [0.1, 0.15) is 0 Å². The molecule has 1 aromatic carbocycles. The van der Waals surface area contributed by atoms with Gasteiger partial charge < -0.3 is 0 Å². The molecule has 0 amide bonds. The second-order valence-corrected chi connectivity index (χ2v) is 4.32. The van der Waals surface area contributed by atoms with Crippen molar-refractivity contribution < 1.29 is 0 Å². The zero-order valence-electron chi connectivity index (χ0n) is 8.01. The first kappa shape index (κ1) is 7.61. The maximum atomic E-state index is 2.49. The molecule has 0 aromatic heterocycles. The van der Waals surface area contributed by atoms with E-state index in [0.29, 0.717) is 5.41 Å². The second kappa shape index (κ2) is 2.37. The van der Waals surface area contributed by atoms with Crippen molar-refractivity contribution in [2.45, 2.75) is 31.6 Å². The molecule has 2 radical (unpaired) electrons. The largest absolute Gasteiger partial charge is 0.0620 e. The molecule has 0 aliphatic heterocycles. The lowest BCUT2D eigenvalue weighted by molar-refractivity contribution is 0.416. The van der Waals surface area contributed by atoms with Gasteiger partial charge in [-0.2, -0.15) is 0 Å². The molecule has 1 atom stereocenters. The molecule has 1 unspecified atom stereocenters. The smallest absolute Gasteiger partial charge is 0.0158 e. The van der Waals surface area contributed by atoms with Crippen LogP contribution in [0.5, 0.6) is 0 Å². The van der Waals surface area contributed by atoms with Crippen LogP contribution in [0.15, 0.2) is 24.3 Å². The second-order valence-electron chi connectivity index (χ2n) is 4.32. The molecule has 0 saturated heterocycles.